The van der Waals surface area contributed by atoms with Gasteiger partial charge in [-0.05, 0) is 24.8 Å². The van der Waals surface area contributed by atoms with Gasteiger partial charge in [-0.1, -0.05) is 56.5 Å². The lowest BCUT2D eigenvalue weighted by Crippen LogP contribution is -2.43. The second kappa shape index (κ2) is 7.79. The Bertz CT molecular complexity index is 693. The first kappa shape index (κ1) is 18.5. The molecule has 1 aliphatic carbocycles. The SMILES string of the molecule is CCCCS(=O)(=O)C1CCCCC1S(=O)(=O)Cc1ccccc1. The van der Waals surface area contributed by atoms with Gasteiger partial charge in [0.1, 0.15) is 0 Å². The van der Waals surface area contributed by atoms with Gasteiger partial charge in [-0.15, -0.1) is 0 Å². The van der Waals surface area contributed by atoms with Crippen LogP contribution < -0.4 is 0 Å². The standard InChI is InChI=1S/C17H26O4S2/c1-2-3-13-22(18,19)16-11-7-8-12-17(16)23(20,21)14-15-9-5-4-6-10-15/h4-6,9-10,16-17H,2-3,7-8,11-14H2,1H3. The highest BCUT2D eigenvalue weighted by Gasteiger charge is 2.42. The summed E-state index contributed by atoms with van der Waals surface area (Å²) in [6.45, 7) is 1.94. The quantitative estimate of drug-likeness (QED) is 0.751. The third kappa shape index (κ3) is 4.80. The van der Waals surface area contributed by atoms with Crippen molar-refractivity contribution in [2.45, 2.75) is 61.7 Å². The summed E-state index contributed by atoms with van der Waals surface area (Å²) < 4.78 is 50.8. The minimum Gasteiger partial charge on any atom is -0.229 e. The third-order valence-electron chi connectivity index (χ3n) is 4.56. The van der Waals surface area contributed by atoms with Gasteiger partial charge in [0.25, 0.3) is 0 Å². The molecular formula is C17H26O4S2. The van der Waals surface area contributed by atoms with Crippen LogP contribution in [0.1, 0.15) is 51.0 Å². The molecule has 1 aliphatic rings. The predicted molar refractivity (Wildman–Crippen MR) is 93.8 cm³/mol. The van der Waals surface area contributed by atoms with Gasteiger partial charge in [0, 0.05) is 0 Å². The minimum atomic E-state index is -3.47. The second-order valence-corrected chi connectivity index (χ2v) is 10.9. The highest BCUT2D eigenvalue weighted by molar-refractivity contribution is 7.95. The fourth-order valence-corrected chi connectivity index (χ4v) is 8.42. The number of sulfone groups is 2. The Labute approximate surface area is 140 Å². The van der Waals surface area contributed by atoms with E-state index in [9.17, 15) is 16.8 Å². The largest absolute Gasteiger partial charge is 0.229 e. The molecule has 6 heteroatoms. The Morgan fingerprint density at radius 2 is 1.48 bits per heavy atom. The van der Waals surface area contributed by atoms with Crippen LogP contribution in [0.15, 0.2) is 30.3 Å². The first-order valence-electron chi connectivity index (χ1n) is 8.34. The maximum atomic E-state index is 12.8. The van der Waals surface area contributed by atoms with Crippen molar-refractivity contribution in [2.75, 3.05) is 5.75 Å². The molecular weight excluding hydrogens is 332 g/mol. The lowest BCUT2D eigenvalue weighted by molar-refractivity contribution is 0.468. The second-order valence-electron chi connectivity index (χ2n) is 6.37. The molecule has 0 aromatic heterocycles. The maximum absolute atomic E-state index is 12.8. The highest BCUT2D eigenvalue weighted by atomic mass is 32.2. The van der Waals surface area contributed by atoms with Crippen LogP contribution in [0.25, 0.3) is 0 Å². The van der Waals surface area contributed by atoms with E-state index in [1.807, 2.05) is 13.0 Å². The van der Waals surface area contributed by atoms with E-state index < -0.39 is 30.2 Å². The van der Waals surface area contributed by atoms with E-state index in [-0.39, 0.29) is 11.5 Å². The maximum Gasteiger partial charge on any atom is 0.158 e. The van der Waals surface area contributed by atoms with Crippen LogP contribution >= 0.6 is 0 Å². The molecule has 2 atom stereocenters. The van der Waals surface area contributed by atoms with E-state index in [0.29, 0.717) is 19.3 Å². The van der Waals surface area contributed by atoms with Gasteiger partial charge in [0.15, 0.2) is 19.7 Å². The molecule has 130 valence electrons. The van der Waals surface area contributed by atoms with Crippen LogP contribution in [0.3, 0.4) is 0 Å². The van der Waals surface area contributed by atoms with Gasteiger partial charge >= 0.3 is 0 Å². The first-order chi connectivity index (χ1) is 10.9. The molecule has 1 saturated carbocycles. The molecule has 2 rings (SSSR count). The number of rotatable bonds is 7. The molecule has 23 heavy (non-hydrogen) atoms. The highest BCUT2D eigenvalue weighted by Crippen LogP contribution is 2.32. The molecule has 0 amide bonds. The van der Waals surface area contributed by atoms with Gasteiger partial charge < -0.3 is 0 Å². The predicted octanol–water partition coefficient (Wildman–Crippen LogP) is 3.13. The average molecular weight is 359 g/mol. The van der Waals surface area contributed by atoms with Crippen LogP contribution in [0.4, 0.5) is 0 Å². The Morgan fingerprint density at radius 1 is 0.913 bits per heavy atom. The first-order valence-corrected chi connectivity index (χ1v) is 11.8. The van der Waals surface area contributed by atoms with Gasteiger partial charge in [0.05, 0.1) is 22.0 Å². The van der Waals surface area contributed by atoms with Crippen LogP contribution in [0.5, 0.6) is 0 Å². The van der Waals surface area contributed by atoms with Crippen LogP contribution in [-0.2, 0) is 25.4 Å². The molecule has 4 nitrogen and oxygen atoms in total. The van der Waals surface area contributed by atoms with Gasteiger partial charge in [-0.3, -0.25) is 0 Å². The molecule has 2 unspecified atom stereocenters. The number of benzene rings is 1. The Kier molecular flexibility index (Phi) is 6.26. The molecule has 0 N–H and O–H groups in total. The van der Waals surface area contributed by atoms with E-state index in [4.69, 9.17) is 0 Å². The van der Waals surface area contributed by atoms with E-state index in [2.05, 4.69) is 0 Å². The summed E-state index contributed by atoms with van der Waals surface area (Å²) in [5.74, 6) is 0.0316. The smallest absolute Gasteiger partial charge is 0.158 e. The topological polar surface area (TPSA) is 68.3 Å². The number of hydrogen-bond donors (Lipinski definition) is 0. The van der Waals surface area contributed by atoms with Crippen LogP contribution in [0, 0.1) is 0 Å². The lowest BCUT2D eigenvalue weighted by Gasteiger charge is -2.31. The minimum absolute atomic E-state index is 0.0711. The Morgan fingerprint density at radius 3 is 2.04 bits per heavy atom. The van der Waals surface area contributed by atoms with E-state index in [0.717, 1.165) is 24.8 Å². The molecule has 0 bridgehead atoms. The summed E-state index contributed by atoms with van der Waals surface area (Å²) >= 11 is 0. The van der Waals surface area contributed by atoms with Crippen molar-refractivity contribution in [2.24, 2.45) is 0 Å². The Balaban J connectivity index is 2.23. The summed E-state index contributed by atoms with van der Waals surface area (Å²) in [4.78, 5) is 0. The molecule has 0 saturated heterocycles. The summed E-state index contributed by atoms with van der Waals surface area (Å²) in [5.41, 5.74) is 0.725. The monoisotopic (exact) mass is 358 g/mol. The van der Waals surface area contributed by atoms with Crippen molar-refractivity contribution in [3.05, 3.63) is 35.9 Å². The molecule has 0 heterocycles. The molecule has 1 fully saturated rings. The molecule has 1 aromatic rings. The van der Waals surface area contributed by atoms with Crippen molar-refractivity contribution in [3.63, 3.8) is 0 Å². The number of hydrogen-bond acceptors (Lipinski definition) is 4. The van der Waals surface area contributed by atoms with Gasteiger partial charge in [-0.2, -0.15) is 0 Å². The molecule has 0 aliphatic heterocycles. The lowest BCUT2D eigenvalue weighted by atomic mass is 10.00. The summed E-state index contributed by atoms with van der Waals surface area (Å²) in [6, 6.07) is 9.01. The number of unbranched alkanes of at least 4 members (excludes halogenated alkanes) is 1. The van der Waals surface area contributed by atoms with Crippen molar-refractivity contribution >= 4 is 19.7 Å². The normalized spacial score (nSPS) is 22.8. The summed E-state index contributed by atoms with van der Waals surface area (Å²) in [5, 5.41) is -1.48. The van der Waals surface area contributed by atoms with Crippen molar-refractivity contribution in [1.82, 2.24) is 0 Å². The molecule has 0 spiro atoms. The van der Waals surface area contributed by atoms with Crippen molar-refractivity contribution in [3.8, 4) is 0 Å². The zero-order chi connectivity index (χ0) is 16.9. The Hall–Kier alpha value is -0.880. The fourth-order valence-electron chi connectivity index (χ4n) is 3.29. The zero-order valence-corrected chi connectivity index (χ0v) is 15.3. The summed E-state index contributed by atoms with van der Waals surface area (Å²) in [6.07, 6.45) is 3.93. The van der Waals surface area contributed by atoms with Crippen molar-refractivity contribution in [1.29, 1.82) is 0 Å². The molecule has 1 aromatic carbocycles. The van der Waals surface area contributed by atoms with E-state index >= 15 is 0 Å². The summed E-state index contributed by atoms with van der Waals surface area (Å²) in [7, 11) is -6.82. The van der Waals surface area contributed by atoms with E-state index in [1.165, 1.54) is 0 Å². The zero-order valence-electron chi connectivity index (χ0n) is 13.6. The fraction of sp³-hybridized carbons (Fsp3) is 0.647. The van der Waals surface area contributed by atoms with Crippen molar-refractivity contribution < 1.29 is 16.8 Å². The van der Waals surface area contributed by atoms with Gasteiger partial charge in [-0.25, -0.2) is 16.8 Å². The van der Waals surface area contributed by atoms with E-state index in [1.54, 1.807) is 24.3 Å². The van der Waals surface area contributed by atoms with Crippen LogP contribution in [0.2, 0.25) is 0 Å². The molecule has 0 radical (unpaired) electrons. The average Bonchev–Trinajstić information content (AvgIpc) is 2.53. The van der Waals surface area contributed by atoms with Gasteiger partial charge in [0.2, 0.25) is 0 Å². The van der Waals surface area contributed by atoms with Crippen LogP contribution in [-0.4, -0.2) is 33.1 Å². The third-order valence-corrected chi connectivity index (χ3v) is 9.30.